The monoisotopic (exact) mass is 224 g/mol. The first-order valence-corrected chi connectivity index (χ1v) is 5.48. The highest BCUT2D eigenvalue weighted by atomic mass is 19.1. The Morgan fingerprint density at radius 1 is 1.50 bits per heavy atom. The van der Waals surface area contributed by atoms with Gasteiger partial charge in [0.2, 0.25) is 0 Å². The number of nitrogens with zero attached hydrogens (tertiary/aromatic N) is 1. The zero-order valence-corrected chi connectivity index (χ0v) is 9.40. The molecular weight excluding hydrogens is 207 g/mol. The minimum Gasteiger partial charge on any atom is -0.374 e. The lowest BCUT2D eigenvalue weighted by Crippen LogP contribution is -2.45. The number of ether oxygens (including phenoxy) is 1. The van der Waals surface area contributed by atoms with Crippen LogP contribution in [0.2, 0.25) is 0 Å². The number of halogens is 1. The number of hydrogen-bond donors (Lipinski definition) is 1. The number of rotatable bonds is 2. The first-order valence-electron chi connectivity index (χ1n) is 5.48. The van der Waals surface area contributed by atoms with Gasteiger partial charge in [-0.3, -0.25) is 0 Å². The highest BCUT2D eigenvalue weighted by Gasteiger charge is 2.26. The van der Waals surface area contributed by atoms with Crippen LogP contribution in [0.3, 0.4) is 0 Å². The van der Waals surface area contributed by atoms with Gasteiger partial charge in [0.05, 0.1) is 18.8 Å². The van der Waals surface area contributed by atoms with Crippen LogP contribution in [0.1, 0.15) is 11.6 Å². The van der Waals surface area contributed by atoms with Crippen molar-refractivity contribution in [1.29, 1.82) is 0 Å². The molecule has 0 amide bonds. The fourth-order valence-electron chi connectivity index (χ4n) is 1.97. The van der Waals surface area contributed by atoms with Crippen LogP contribution in [-0.4, -0.2) is 37.7 Å². The van der Waals surface area contributed by atoms with E-state index in [2.05, 4.69) is 4.90 Å². The van der Waals surface area contributed by atoms with Crippen molar-refractivity contribution >= 4 is 0 Å². The molecule has 2 N–H and O–H groups in total. The zero-order valence-electron chi connectivity index (χ0n) is 9.40. The van der Waals surface area contributed by atoms with Gasteiger partial charge in [0.15, 0.2) is 0 Å². The van der Waals surface area contributed by atoms with Crippen molar-refractivity contribution in [1.82, 2.24) is 4.90 Å². The van der Waals surface area contributed by atoms with Crippen LogP contribution >= 0.6 is 0 Å². The van der Waals surface area contributed by atoms with Crippen LogP contribution in [-0.2, 0) is 4.74 Å². The third-order valence-corrected chi connectivity index (χ3v) is 2.96. The summed E-state index contributed by atoms with van der Waals surface area (Å²) in [5.41, 5.74) is 6.57. The highest BCUT2D eigenvalue weighted by Crippen LogP contribution is 2.21. The fraction of sp³-hybridized carbons (Fsp3) is 0.500. The Labute approximate surface area is 95.0 Å². The third-order valence-electron chi connectivity index (χ3n) is 2.96. The lowest BCUT2D eigenvalue weighted by Gasteiger charge is -2.33. The van der Waals surface area contributed by atoms with Gasteiger partial charge in [-0.25, -0.2) is 4.39 Å². The van der Waals surface area contributed by atoms with E-state index >= 15 is 0 Å². The average Bonchev–Trinajstić information content (AvgIpc) is 2.29. The topological polar surface area (TPSA) is 38.5 Å². The first kappa shape index (κ1) is 11.5. The van der Waals surface area contributed by atoms with Crippen molar-refractivity contribution in [3.63, 3.8) is 0 Å². The van der Waals surface area contributed by atoms with Gasteiger partial charge in [-0.2, -0.15) is 0 Å². The molecule has 1 aromatic carbocycles. The van der Waals surface area contributed by atoms with Crippen molar-refractivity contribution in [3.05, 3.63) is 35.6 Å². The van der Waals surface area contributed by atoms with Crippen molar-refractivity contribution in [2.75, 3.05) is 26.7 Å². The molecule has 2 unspecified atom stereocenters. The van der Waals surface area contributed by atoms with E-state index in [0.29, 0.717) is 12.2 Å². The van der Waals surface area contributed by atoms with Gasteiger partial charge >= 0.3 is 0 Å². The molecule has 2 atom stereocenters. The predicted molar refractivity (Wildman–Crippen MR) is 60.6 cm³/mol. The van der Waals surface area contributed by atoms with E-state index < -0.39 is 6.04 Å². The quantitative estimate of drug-likeness (QED) is 0.819. The maximum Gasteiger partial charge on any atom is 0.128 e. The largest absolute Gasteiger partial charge is 0.374 e. The van der Waals surface area contributed by atoms with Gasteiger partial charge in [-0.05, 0) is 13.1 Å². The van der Waals surface area contributed by atoms with Crippen molar-refractivity contribution in [2.45, 2.75) is 12.1 Å². The molecule has 0 spiro atoms. The van der Waals surface area contributed by atoms with E-state index in [1.165, 1.54) is 6.07 Å². The smallest absolute Gasteiger partial charge is 0.128 e. The van der Waals surface area contributed by atoms with Crippen LogP contribution < -0.4 is 5.73 Å². The molecule has 4 heteroatoms. The number of morpholine rings is 1. The maximum atomic E-state index is 13.5. The highest BCUT2D eigenvalue weighted by molar-refractivity contribution is 5.22. The Bertz CT molecular complexity index is 359. The Balaban J connectivity index is 2.12. The lowest BCUT2D eigenvalue weighted by atomic mass is 10.0. The Morgan fingerprint density at radius 2 is 2.25 bits per heavy atom. The molecule has 1 aliphatic rings. The summed E-state index contributed by atoms with van der Waals surface area (Å²) in [5.74, 6) is -0.258. The molecule has 16 heavy (non-hydrogen) atoms. The van der Waals surface area contributed by atoms with Gasteiger partial charge < -0.3 is 15.4 Å². The summed E-state index contributed by atoms with van der Waals surface area (Å²) in [6, 6.07) is 6.22. The number of hydrogen-bond acceptors (Lipinski definition) is 3. The molecule has 0 aliphatic carbocycles. The summed E-state index contributed by atoms with van der Waals surface area (Å²) >= 11 is 0. The molecule has 0 aromatic heterocycles. The second kappa shape index (κ2) is 4.91. The molecule has 3 nitrogen and oxygen atoms in total. The second-order valence-electron chi connectivity index (χ2n) is 4.22. The third kappa shape index (κ3) is 2.40. The summed E-state index contributed by atoms with van der Waals surface area (Å²) in [6.07, 6.45) is -0.129. The molecule has 1 fully saturated rings. The lowest BCUT2D eigenvalue weighted by molar-refractivity contribution is -0.0331. The van der Waals surface area contributed by atoms with Crippen LogP contribution in [0.5, 0.6) is 0 Å². The van der Waals surface area contributed by atoms with E-state index in [1.807, 2.05) is 7.05 Å². The van der Waals surface area contributed by atoms with Crippen LogP contribution in [0.15, 0.2) is 24.3 Å². The van der Waals surface area contributed by atoms with Gasteiger partial charge in [0, 0.05) is 18.7 Å². The van der Waals surface area contributed by atoms with Gasteiger partial charge in [-0.1, -0.05) is 18.2 Å². The SMILES string of the molecule is CN1CCOC(C(N)c2ccccc2F)C1. The second-order valence-corrected chi connectivity index (χ2v) is 4.22. The van der Waals surface area contributed by atoms with E-state index in [4.69, 9.17) is 10.5 Å². The predicted octanol–water partition coefficient (Wildman–Crippen LogP) is 1.16. The fourth-order valence-corrected chi connectivity index (χ4v) is 1.97. The van der Waals surface area contributed by atoms with Crippen LogP contribution in [0, 0.1) is 5.82 Å². The molecule has 0 bridgehead atoms. The Hall–Kier alpha value is -0.970. The molecule has 2 rings (SSSR count). The van der Waals surface area contributed by atoms with E-state index in [0.717, 1.165) is 13.1 Å². The molecular formula is C12H17FN2O. The summed E-state index contributed by atoms with van der Waals surface area (Å²) in [6.45, 7) is 2.30. The van der Waals surface area contributed by atoms with Crippen molar-refractivity contribution in [2.24, 2.45) is 5.73 Å². The molecule has 88 valence electrons. The minimum atomic E-state index is -0.399. The molecule has 1 aliphatic heterocycles. The first-order chi connectivity index (χ1) is 7.68. The van der Waals surface area contributed by atoms with E-state index in [9.17, 15) is 4.39 Å². The van der Waals surface area contributed by atoms with Crippen LogP contribution in [0.4, 0.5) is 4.39 Å². The van der Waals surface area contributed by atoms with Crippen LogP contribution in [0.25, 0.3) is 0 Å². The van der Waals surface area contributed by atoms with Gasteiger partial charge in [-0.15, -0.1) is 0 Å². The number of likely N-dealkylation sites (N-methyl/N-ethyl adjacent to an activating group) is 1. The van der Waals surface area contributed by atoms with E-state index in [1.54, 1.807) is 18.2 Å². The average molecular weight is 224 g/mol. The van der Waals surface area contributed by atoms with E-state index in [-0.39, 0.29) is 11.9 Å². The summed E-state index contributed by atoms with van der Waals surface area (Å²) in [7, 11) is 2.02. The standard InChI is InChI=1S/C12H17FN2O/c1-15-6-7-16-11(8-15)12(14)9-4-2-3-5-10(9)13/h2-5,11-12H,6-8,14H2,1H3. The molecule has 0 saturated carbocycles. The number of nitrogens with two attached hydrogens (primary N) is 1. The molecule has 0 radical (unpaired) electrons. The van der Waals surface area contributed by atoms with Gasteiger partial charge in [0.1, 0.15) is 5.82 Å². The normalized spacial score (nSPS) is 24.3. The summed E-state index contributed by atoms with van der Waals surface area (Å²) in [5, 5.41) is 0. The Morgan fingerprint density at radius 3 is 2.94 bits per heavy atom. The molecule has 1 saturated heterocycles. The van der Waals surface area contributed by atoms with Gasteiger partial charge in [0.25, 0.3) is 0 Å². The summed E-state index contributed by atoms with van der Waals surface area (Å²) in [4.78, 5) is 2.15. The molecule has 1 heterocycles. The minimum absolute atomic E-state index is 0.129. The maximum absolute atomic E-state index is 13.5. The van der Waals surface area contributed by atoms with Crippen molar-refractivity contribution in [3.8, 4) is 0 Å². The van der Waals surface area contributed by atoms with Crippen molar-refractivity contribution < 1.29 is 9.13 Å². The zero-order chi connectivity index (χ0) is 11.5. The molecule has 1 aromatic rings. The Kier molecular flexibility index (Phi) is 3.53. The number of benzene rings is 1. The summed E-state index contributed by atoms with van der Waals surface area (Å²) < 4.78 is 19.1.